The predicted molar refractivity (Wildman–Crippen MR) is 88.0 cm³/mol. The molecule has 0 radical (unpaired) electrons. The maximum Gasteiger partial charge on any atom is 0.329 e. The summed E-state index contributed by atoms with van der Waals surface area (Å²) in [5.41, 5.74) is -0.241. The van der Waals surface area contributed by atoms with E-state index in [2.05, 4.69) is 5.32 Å². The molecule has 0 spiro atoms. The Balaban J connectivity index is 2.05. The summed E-state index contributed by atoms with van der Waals surface area (Å²) in [7, 11) is 0. The number of amides is 3. The van der Waals surface area contributed by atoms with Crippen LogP contribution in [0.2, 0.25) is 0 Å². The van der Waals surface area contributed by atoms with E-state index in [0.717, 1.165) is 17.0 Å². The number of Topliss-reactive ketones (excluding diaryl/α,β-unsaturated/α-hetero) is 1. The Hall–Kier alpha value is -2.96. The van der Waals surface area contributed by atoms with Crippen LogP contribution in [-0.2, 0) is 4.79 Å². The van der Waals surface area contributed by atoms with E-state index in [9.17, 15) is 18.8 Å². The first-order chi connectivity index (χ1) is 11.7. The second-order valence-corrected chi connectivity index (χ2v) is 6.83. The molecular weight excluding hydrogens is 327 g/mol. The van der Waals surface area contributed by atoms with E-state index in [0.29, 0.717) is 0 Å². The summed E-state index contributed by atoms with van der Waals surface area (Å²) in [6, 6.07) is 5.84. The summed E-state index contributed by atoms with van der Waals surface area (Å²) in [6.07, 6.45) is 1.31. The molecule has 6 nitrogen and oxygen atoms in total. The van der Waals surface area contributed by atoms with Crippen LogP contribution < -0.4 is 10.2 Å². The van der Waals surface area contributed by atoms with Crippen LogP contribution in [0.15, 0.2) is 41.0 Å². The van der Waals surface area contributed by atoms with Gasteiger partial charge < -0.3 is 9.73 Å². The first kappa shape index (κ1) is 16.9. The highest BCUT2D eigenvalue weighted by Crippen LogP contribution is 2.39. The third-order valence-electron chi connectivity index (χ3n) is 3.72. The summed E-state index contributed by atoms with van der Waals surface area (Å²) in [4.78, 5) is 38.9. The van der Waals surface area contributed by atoms with Crippen molar-refractivity contribution in [2.75, 3.05) is 4.90 Å². The fraction of sp³-hybridized carbons (Fsp3) is 0.278. The standard InChI is InChI=1S/C18H17FN2O4/c1-18(2,3)20-17(24)21-12-7-6-10(19)9-11(12)14(16(21)23)15(22)13-5-4-8-25-13/h4-9,14H,1-3H3,(H,20,24). The molecule has 7 heteroatoms. The molecule has 1 aliphatic heterocycles. The summed E-state index contributed by atoms with van der Waals surface area (Å²) >= 11 is 0. The average Bonchev–Trinajstić information content (AvgIpc) is 3.10. The van der Waals surface area contributed by atoms with Gasteiger partial charge in [-0.05, 0) is 56.7 Å². The number of halogens is 1. The molecule has 0 bridgehead atoms. The molecule has 130 valence electrons. The van der Waals surface area contributed by atoms with E-state index in [1.54, 1.807) is 20.8 Å². The molecular formula is C18H17FN2O4. The van der Waals surface area contributed by atoms with Crippen LogP contribution >= 0.6 is 0 Å². The van der Waals surface area contributed by atoms with Crippen molar-refractivity contribution in [3.8, 4) is 0 Å². The van der Waals surface area contributed by atoms with Gasteiger partial charge in [0.1, 0.15) is 11.7 Å². The van der Waals surface area contributed by atoms with Crippen LogP contribution in [0.5, 0.6) is 0 Å². The molecule has 2 heterocycles. The minimum absolute atomic E-state index is 0.0216. The normalized spacial score (nSPS) is 16.7. The molecule has 0 saturated carbocycles. The highest BCUT2D eigenvalue weighted by molar-refractivity contribution is 6.29. The molecule has 3 amide bonds. The molecule has 0 saturated heterocycles. The topological polar surface area (TPSA) is 79.6 Å². The number of rotatable bonds is 2. The van der Waals surface area contributed by atoms with Crippen molar-refractivity contribution in [2.24, 2.45) is 0 Å². The van der Waals surface area contributed by atoms with Gasteiger partial charge in [0.15, 0.2) is 5.76 Å². The largest absolute Gasteiger partial charge is 0.461 e. The Bertz CT molecular complexity index is 852. The quantitative estimate of drug-likeness (QED) is 0.670. The van der Waals surface area contributed by atoms with Gasteiger partial charge in [0.25, 0.3) is 5.91 Å². The maximum absolute atomic E-state index is 13.7. The number of anilines is 1. The Morgan fingerprint density at radius 1 is 1.24 bits per heavy atom. The highest BCUT2D eigenvalue weighted by atomic mass is 19.1. The molecule has 3 rings (SSSR count). The van der Waals surface area contributed by atoms with Gasteiger partial charge in [0.05, 0.1) is 12.0 Å². The third kappa shape index (κ3) is 3.05. The van der Waals surface area contributed by atoms with E-state index in [1.165, 1.54) is 24.5 Å². The van der Waals surface area contributed by atoms with Gasteiger partial charge in [0.2, 0.25) is 5.78 Å². The number of hydrogen-bond donors (Lipinski definition) is 1. The first-order valence-corrected chi connectivity index (χ1v) is 7.72. The molecule has 1 unspecified atom stereocenters. The molecule has 25 heavy (non-hydrogen) atoms. The summed E-state index contributed by atoms with van der Waals surface area (Å²) in [5, 5.41) is 2.68. The van der Waals surface area contributed by atoms with E-state index in [4.69, 9.17) is 4.42 Å². The summed E-state index contributed by atoms with van der Waals surface area (Å²) in [6.45, 7) is 5.30. The lowest BCUT2D eigenvalue weighted by Gasteiger charge is -2.25. The van der Waals surface area contributed by atoms with Gasteiger partial charge in [-0.25, -0.2) is 14.1 Å². The predicted octanol–water partition coefficient (Wildman–Crippen LogP) is 3.24. The molecule has 1 aromatic carbocycles. The molecule has 1 aromatic heterocycles. The number of benzene rings is 1. The zero-order valence-corrected chi connectivity index (χ0v) is 14.0. The second-order valence-electron chi connectivity index (χ2n) is 6.83. The molecule has 1 N–H and O–H groups in total. The number of imide groups is 1. The van der Waals surface area contributed by atoms with Crippen LogP contribution in [-0.4, -0.2) is 23.3 Å². The average molecular weight is 344 g/mol. The fourth-order valence-corrected chi connectivity index (χ4v) is 2.74. The van der Waals surface area contributed by atoms with Crippen molar-refractivity contribution in [3.05, 3.63) is 53.7 Å². The maximum atomic E-state index is 13.7. The van der Waals surface area contributed by atoms with Crippen molar-refractivity contribution >= 4 is 23.4 Å². The summed E-state index contributed by atoms with van der Waals surface area (Å²) < 4.78 is 18.8. The minimum Gasteiger partial charge on any atom is -0.461 e. The number of carbonyl (C=O) groups excluding carboxylic acids is 3. The lowest BCUT2D eigenvalue weighted by atomic mass is 9.95. The molecule has 0 fully saturated rings. The summed E-state index contributed by atoms with van der Waals surface area (Å²) in [5.74, 6) is -3.28. The number of hydrogen-bond acceptors (Lipinski definition) is 4. The number of ketones is 1. The number of nitrogens with one attached hydrogen (secondary N) is 1. The first-order valence-electron chi connectivity index (χ1n) is 7.72. The van der Waals surface area contributed by atoms with Crippen LogP contribution in [0, 0.1) is 5.82 Å². The van der Waals surface area contributed by atoms with Crippen molar-refractivity contribution in [1.29, 1.82) is 0 Å². The van der Waals surface area contributed by atoms with Crippen molar-refractivity contribution in [3.63, 3.8) is 0 Å². The van der Waals surface area contributed by atoms with Gasteiger partial charge >= 0.3 is 6.03 Å². The second kappa shape index (κ2) is 5.84. The number of nitrogens with zero attached hydrogens (tertiary/aromatic N) is 1. The van der Waals surface area contributed by atoms with Gasteiger partial charge in [-0.3, -0.25) is 9.59 Å². The number of carbonyl (C=O) groups is 3. The Kier molecular flexibility index (Phi) is 3.94. The van der Waals surface area contributed by atoms with Gasteiger partial charge in [0, 0.05) is 5.54 Å². The van der Waals surface area contributed by atoms with E-state index >= 15 is 0 Å². The fourth-order valence-electron chi connectivity index (χ4n) is 2.74. The zero-order chi connectivity index (χ0) is 18.4. The van der Waals surface area contributed by atoms with Crippen molar-refractivity contribution < 1.29 is 23.2 Å². The van der Waals surface area contributed by atoms with Crippen molar-refractivity contribution in [1.82, 2.24) is 5.32 Å². The minimum atomic E-state index is -1.32. The zero-order valence-electron chi connectivity index (χ0n) is 14.0. The number of furan rings is 1. The number of fused-ring (bicyclic) bond motifs is 1. The van der Waals surface area contributed by atoms with Gasteiger partial charge in [-0.1, -0.05) is 0 Å². The molecule has 2 aromatic rings. The monoisotopic (exact) mass is 344 g/mol. The lowest BCUT2D eigenvalue weighted by Crippen LogP contribution is -2.50. The van der Waals surface area contributed by atoms with Crippen LogP contribution in [0.25, 0.3) is 0 Å². The van der Waals surface area contributed by atoms with Crippen molar-refractivity contribution in [2.45, 2.75) is 32.2 Å². The molecule has 0 aliphatic carbocycles. The van der Waals surface area contributed by atoms with E-state index in [-0.39, 0.29) is 17.0 Å². The smallest absolute Gasteiger partial charge is 0.329 e. The Morgan fingerprint density at radius 2 is 1.96 bits per heavy atom. The lowest BCUT2D eigenvalue weighted by molar-refractivity contribution is -0.117. The van der Waals surface area contributed by atoms with Gasteiger partial charge in [-0.2, -0.15) is 0 Å². The number of urea groups is 1. The highest BCUT2D eigenvalue weighted by Gasteiger charge is 2.46. The molecule has 1 aliphatic rings. The van der Waals surface area contributed by atoms with Crippen LogP contribution in [0.1, 0.15) is 42.8 Å². The van der Waals surface area contributed by atoms with E-state index < -0.39 is 35.0 Å². The SMILES string of the molecule is CC(C)(C)NC(=O)N1C(=O)C(C(=O)c2ccco2)c2cc(F)ccc21. The van der Waals surface area contributed by atoms with E-state index in [1.807, 2.05) is 0 Å². The molecule has 1 atom stereocenters. The van der Waals surface area contributed by atoms with Crippen LogP contribution in [0.4, 0.5) is 14.9 Å². The Labute approximate surface area is 143 Å². The van der Waals surface area contributed by atoms with Gasteiger partial charge in [-0.15, -0.1) is 0 Å². The van der Waals surface area contributed by atoms with Crippen LogP contribution in [0.3, 0.4) is 0 Å². The Morgan fingerprint density at radius 3 is 2.56 bits per heavy atom. The third-order valence-corrected chi connectivity index (χ3v) is 3.72.